The van der Waals surface area contributed by atoms with Crippen molar-refractivity contribution in [3.05, 3.63) is 29.6 Å². The summed E-state index contributed by atoms with van der Waals surface area (Å²) in [7, 11) is 0. The van der Waals surface area contributed by atoms with Gasteiger partial charge in [0.1, 0.15) is 5.82 Å². The van der Waals surface area contributed by atoms with Crippen LogP contribution >= 0.6 is 0 Å². The predicted molar refractivity (Wildman–Crippen MR) is 92.2 cm³/mol. The van der Waals surface area contributed by atoms with Crippen LogP contribution < -0.4 is 10.6 Å². The van der Waals surface area contributed by atoms with Crippen molar-refractivity contribution in [2.45, 2.75) is 33.1 Å². The number of piperidine rings is 1. The zero-order valence-electron chi connectivity index (χ0n) is 14.4. The number of rotatable bonds is 5. The summed E-state index contributed by atoms with van der Waals surface area (Å²) in [5, 5.41) is 5.23. The summed E-state index contributed by atoms with van der Waals surface area (Å²) in [6.45, 7) is 7.60. The molecule has 0 atom stereocenters. The maximum absolute atomic E-state index is 13.1. The van der Waals surface area contributed by atoms with Gasteiger partial charge in [0.15, 0.2) is 0 Å². The lowest BCUT2D eigenvalue weighted by atomic mass is 9.96. The van der Waals surface area contributed by atoms with Gasteiger partial charge in [0, 0.05) is 12.2 Å². The molecule has 0 unspecified atom stereocenters. The van der Waals surface area contributed by atoms with Gasteiger partial charge in [-0.1, -0.05) is 6.92 Å². The van der Waals surface area contributed by atoms with Crippen LogP contribution in [0.1, 0.15) is 31.7 Å². The smallest absolute Gasteiger partial charge is 0.313 e. The van der Waals surface area contributed by atoms with Crippen molar-refractivity contribution in [2.24, 2.45) is 5.92 Å². The van der Waals surface area contributed by atoms with E-state index in [-0.39, 0.29) is 5.82 Å². The number of halogens is 1. The number of hydrogen-bond donors (Lipinski definition) is 2. The quantitative estimate of drug-likeness (QED) is 0.812. The first-order chi connectivity index (χ1) is 11.5. The van der Waals surface area contributed by atoms with Crippen LogP contribution in [-0.2, 0) is 9.59 Å². The Morgan fingerprint density at radius 2 is 1.96 bits per heavy atom. The number of aryl methyl sites for hydroxylation is 1. The maximum Gasteiger partial charge on any atom is 0.313 e. The van der Waals surface area contributed by atoms with Gasteiger partial charge in [0.05, 0.1) is 0 Å². The molecular weight excluding hydrogens is 309 g/mol. The van der Waals surface area contributed by atoms with Gasteiger partial charge in [-0.15, -0.1) is 0 Å². The van der Waals surface area contributed by atoms with Crippen molar-refractivity contribution in [2.75, 3.05) is 31.5 Å². The number of amides is 2. The molecule has 1 saturated heterocycles. The molecule has 1 fully saturated rings. The normalized spacial score (nSPS) is 16.0. The zero-order chi connectivity index (χ0) is 17.5. The van der Waals surface area contributed by atoms with Gasteiger partial charge < -0.3 is 15.5 Å². The molecule has 1 aromatic rings. The highest BCUT2D eigenvalue weighted by Crippen LogP contribution is 2.17. The minimum Gasteiger partial charge on any atom is -0.348 e. The summed E-state index contributed by atoms with van der Waals surface area (Å²) < 4.78 is 13.1. The fraction of sp³-hybridized carbons (Fsp3) is 0.556. The van der Waals surface area contributed by atoms with Crippen molar-refractivity contribution >= 4 is 17.5 Å². The van der Waals surface area contributed by atoms with Crippen LogP contribution in [0.15, 0.2) is 18.2 Å². The van der Waals surface area contributed by atoms with Crippen molar-refractivity contribution in [1.29, 1.82) is 0 Å². The molecule has 2 amide bonds. The highest BCUT2D eigenvalue weighted by atomic mass is 19.1. The average Bonchev–Trinajstić information content (AvgIpc) is 2.56. The lowest BCUT2D eigenvalue weighted by molar-refractivity contribution is -0.136. The molecule has 0 aliphatic carbocycles. The first-order valence-corrected chi connectivity index (χ1v) is 8.57. The Morgan fingerprint density at radius 1 is 1.25 bits per heavy atom. The Bertz CT molecular complexity index is 584. The van der Waals surface area contributed by atoms with E-state index < -0.39 is 11.8 Å². The molecule has 5 nitrogen and oxygen atoms in total. The fourth-order valence-corrected chi connectivity index (χ4v) is 2.99. The number of benzene rings is 1. The predicted octanol–water partition coefficient (Wildman–Crippen LogP) is 2.31. The van der Waals surface area contributed by atoms with Crippen molar-refractivity contribution in [3.8, 4) is 0 Å². The van der Waals surface area contributed by atoms with Crippen molar-refractivity contribution < 1.29 is 14.0 Å². The van der Waals surface area contributed by atoms with Gasteiger partial charge in [-0.05, 0) is 75.5 Å². The third-order valence-corrected chi connectivity index (χ3v) is 4.44. The molecule has 1 aliphatic rings. The second kappa shape index (κ2) is 8.78. The zero-order valence-corrected chi connectivity index (χ0v) is 14.4. The Labute approximate surface area is 142 Å². The Morgan fingerprint density at radius 3 is 2.58 bits per heavy atom. The standard InChI is InChI=1S/C18H26FN3O2/c1-3-8-22-9-6-14(7-10-22)12-20-17(23)18(24)21-16-5-4-15(19)11-13(16)2/h4-5,11,14H,3,6-10,12H2,1-2H3,(H,20,23)(H,21,24). The van der Waals surface area contributed by atoms with Crippen LogP contribution in [0.4, 0.5) is 10.1 Å². The van der Waals surface area contributed by atoms with Crippen LogP contribution in [0.3, 0.4) is 0 Å². The number of hydrogen-bond acceptors (Lipinski definition) is 3. The summed E-state index contributed by atoms with van der Waals surface area (Å²) >= 11 is 0. The number of nitrogens with one attached hydrogen (secondary N) is 2. The molecule has 1 aliphatic heterocycles. The summed E-state index contributed by atoms with van der Waals surface area (Å²) in [5.41, 5.74) is 1.03. The van der Waals surface area contributed by atoms with Crippen LogP contribution in [0, 0.1) is 18.7 Å². The third-order valence-electron chi connectivity index (χ3n) is 4.44. The van der Waals surface area contributed by atoms with E-state index in [0.29, 0.717) is 23.7 Å². The molecule has 132 valence electrons. The second-order valence-corrected chi connectivity index (χ2v) is 6.41. The highest BCUT2D eigenvalue weighted by Gasteiger charge is 2.21. The molecule has 1 aromatic carbocycles. The van der Waals surface area contributed by atoms with Crippen molar-refractivity contribution in [3.63, 3.8) is 0 Å². The Kier molecular flexibility index (Phi) is 6.73. The summed E-state index contributed by atoms with van der Waals surface area (Å²) in [4.78, 5) is 26.3. The molecule has 0 aromatic heterocycles. The topological polar surface area (TPSA) is 61.4 Å². The Hall–Kier alpha value is -1.95. The van der Waals surface area contributed by atoms with Crippen LogP contribution in [0.5, 0.6) is 0 Å². The van der Waals surface area contributed by atoms with E-state index in [0.717, 1.165) is 38.9 Å². The van der Waals surface area contributed by atoms with E-state index in [1.165, 1.54) is 18.2 Å². The first-order valence-electron chi connectivity index (χ1n) is 8.57. The molecule has 0 bridgehead atoms. The SMILES string of the molecule is CCCN1CCC(CNC(=O)C(=O)Nc2ccc(F)cc2C)CC1. The third kappa shape index (κ3) is 5.30. The van der Waals surface area contributed by atoms with Gasteiger partial charge in [-0.2, -0.15) is 0 Å². The number of nitrogens with zero attached hydrogens (tertiary/aromatic N) is 1. The van der Waals surface area contributed by atoms with E-state index in [1.807, 2.05) is 0 Å². The summed E-state index contributed by atoms with van der Waals surface area (Å²) in [6.07, 6.45) is 3.24. The molecule has 0 radical (unpaired) electrons. The first kappa shape index (κ1) is 18.4. The Balaban J connectivity index is 1.75. The number of anilines is 1. The van der Waals surface area contributed by atoms with Crippen molar-refractivity contribution in [1.82, 2.24) is 10.2 Å². The molecule has 0 spiro atoms. The lowest BCUT2D eigenvalue weighted by Crippen LogP contribution is -2.42. The minimum absolute atomic E-state index is 0.371. The number of carbonyl (C=O) groups excluding carboxylic acids is 2. The number of likely N-dealkylation sites (tertiary alicyclic amines) is 1. The second-order valence-electron chi connectivity index (χ2n) is 6.41. The van der Waals surface area contributed by atoms with Crippen LogP contribution in [0.2, 0.25) is 0 Å². The van der Waals surface area contributed by atoms with Gasteiger partial charge in [0.2, 0.25) is 0 Å². The maximum atomic E-state index is 13.1. The number of carbonyl (C=O) groups is 2. The summed E-state index contributed by atoms with van der Waals surface area (Å²) in [6, 6.07) is 4.03. The minimum atomic E-state index is -0.715. The van der Waals surface area contributed by atoms with E-state index in [2.05, 4.69) is 22.5 Å². The van der Waals surface area contributed by atoms with Crippen LogP contribution in [0.25, 0.3) is 0 Å². The molecule has 2 rings (SSSR count). The largest absolute Gasteiger partial charge is 0.348 e. The van der Waals surface area contributed by atoms with Gasteiger partial charge in [-0.25, -0.2) is 4.39 Å². The van der Waals surface area contributed by atoms with Gasteiger partial charge >= 0.3 is 11.8 Å². The van der Waals surface area contributed by atoms with E-state index in [9.17, 15) is 14.0 Å². The molecule has 0 saturated carbocycles. The van der Waals surface area contributed by atoms with Crippen LogP contribution in [-0.4, -0.2) is 42.9 Å². The molecule has 1 heterocycles. The lowest BCUT2D eigenvalue weighted by Gasteiger charge is -2.31. The molecular formula is C18H26FN3O2. The molecule has 24 heavy (non-hydrogen) atoms. The summed E-state index contributed by atoms with van der Waals surface area (Å²) in [5.74, 6) is -1.31. The van der Waals surface area contributed by atoms with E-state index in [4.69, 9.17) is 0 Å². The highest BCUT2D eigenvalue weighted by molar-refractivity contribution is 6.39. The van der Waals surface area contributed by atoms with E-state index >= 15 is 0 Å². The van der Waals surface area contributed by atoms with Gasteiger partial charge in [-0.3, -0.25) is 9.59 Å². The average molecular weight is 335 g/mol. The monoisotopic (exact) mass is 335 g/mol. The fourth-order valence-electron chi connectivity index (χ4n) is 2.99. The molecule has 2 N–H and O–H groups in total. The molecule has 6 heteroatoms. The van der Waals surface area contributed by atoms with Gasteiger partial charge in [0.25, 0.3) is 0 Å². The van der Waals surface area contributed by atoms with E-state index in [1.54, 1.807) is 6.92 Å².